The van der Waals surface area contributed by atoms with E-state index in [-0.39, 0.29) is 0 Å². The zero-order chi connectivity index (χ0) is 11.3. The van der Waals surface area contributed by atoms with Crippen molar-refractivity contribution < 1.29 is 9.90 Å². The molecule has 0 radical (unpaired) electrons. The third-order valence-corrected chi connectivity index (χ3v) is 2.25. The molecule has 1 heterocycles. The van der Waals surface area contributed by atoms with Crippen LogP contribution in [0.4, 0.5) is 0 Å². The van der Waals surface area contributed by atoms with Gasteiger partial charge in [0, 0.05) is 25.4 Å². The van der Waals surface area contributed by atoms with Gasteiger partial charge in [0.25, 0.3) is 0 Å². The lowest BCUT2D eigenvalue weighted by Gasteiger charge is -2.15. The minimum absolute atomic E-state index is 0.423. The summed E-state index contributed by atoms with van der Waals surface area (Å²) in [5.41, 5.74) is 0. The quantitative estimate of drug-likeness (QED) is 0.719. The SMILES string of the molecule is CCNC(Cn1ccnc1CC)C(=O)O. The van der Waals surface area contributed by atoms with Crippen LogP contribution < -0.4 is 5.32 Å². The number of aliphatic carboxylic acids is 1. The molecule has 15 heavy (non-hydrogen) atoms. The first-order chi connectivity index (χ1) is 7.19. The molecule has 1 rings (SSSR count). The van der Waals surface area contributed by atoms with Crippen molar-refractivity contribution >= 4 is 5.97 Å². The minimum Gasteiger partial charge on any atom is -0.480 e. The van der Waals surface area contributed by atoms with Gasteiger partial charge in [-0.1, -0.05) is 13.8 Å². The number of carboxylic acids is 1. The van der Waals surface area contributed by atoms with E-state index in [4.69, 9.17) is 5.11 Å². The van der Waals surface area contributed by atoms with Gasteiger partial charge in [-0.15, -0.1) is 0 Å². The van der Waals surface area contributed by atoms with Crippen molar-refractivity contribution in [2.45, 2.75) is 32.9 Å². The van der Waals surface area contributed by atoms with E-state index in [9.17, 15) is 4.79 Å². The van der Waals surface area contributed by atoms with E-state index in [2.05, 4.69) is 10.3 Å². The van der Waals surface area contributed by atoms with E-state index in [0.717, 1.165) is 12.2 Å². The summed E-state index contributed by atoms with van der Waals surface area (Å²) in [6, 6.07) is -0.547. The number of rotatable bonds is 6. The molecule has 0 spiro atoms. The monoisotopic (exact) mass is 211 g/mol. The number of carboxylic acid groups (broad SMARTS) is 1. The molecule has 0 aliphatic heterocycles. The molecule has 0 saturated carbocycles. The zero-order valence-electron chi connectivity index (χ0n) is 9.10. The first-order valence-corrected chi connectivity index (χ1v) is 5.15. The molecule has 5 heteroatoms. The summed E-state index contributed by atoms with van der Waals surface area (Å²) in [4.78, 5) is 15.1. The van der Waals surface area contributed by atoms with Crippen LogP contribution in [0.15, 0.2) is 12.4 Å². The fourth-order valence-corrected chi connectivity index (χ4v) is 1.49. The summed E-state index contributed by atoms with van der Waals surface area (Å²) in [5, 5.41) is 11.9. The molecular formula is C10H17N3O2. The molecule has 0 amide bonds. The minimum atomic E-state index is -0.826. The van der Waals surface area contributed by atoms with Crippen LogP contribution in [0, 0.1) is 0 Å². The molecule has 0 saturated heterocycles. The predicted octanol–water partition coefficient (Wildman–Crippen LogP) is 0.508. The highest BCUT2D eigenvalue weighted by molar-refractivity contribution is 5.73. The number of hydrogen-bond donors (Lipinski definition) is 2. The second-order valence-electron chi connectivity index (χ2n) is 3.30. The number of carbonyl (C=O) groups is 1. The molecule has 0 aliphatic rings. The Morgan fingerprint density at radius 3 is 2.93 bits per heavy atom. The lowest BCUT2D eigenvalue weighted by molar-refractivity contribution is -0.139. The molecule has 0 aliphatic carbocycles. The number of aromatic nitrogens is 2. The van der Waals surface area contributed by atoms with Gasteiger partial charge < -0.3 is 15.0 Å². The van der Waals surface area contributed by atoms with E-state index in [1.54, 1.807) is 6.20 Å². The maximum atomic E-state index is 10.9. The third kappa shape index (κ3) is 3.06. The summed E-state index contributed by atoms with van der Waals surface area (Å²) in [6.45, 7) is 4.96. The molecule has 0 aromatic carbocycles. The predicted molar refractivity (Wildman–Crippen MR) is 56.7 cm³/mol. The molecule has 2 N–H and O–H groups in total. The lowest BCUT2D eigenvalue weighted by atomic mass is 10.3. The number of likely N-dealkylation sites (N-methyl/N-ethyl adjacent to an activating group) is 1. The Hall–Kier alpha value is -1.36. The van der Waals surface area contributed by atoms with Crippen LogP contribution in [0.2, 0.25) is 0 Å². The van der Waals surface area contributed by atoms with E-state index in [1.807, 2.05) is 24.6 Å². The second kappa shape index (κ2) is 5.50. The van der Waals surface area contributed by atoms with Gasteiger partial charge in [-0.2, -0.15) is 0 Å². The molecule has 84 valence electrons. The lowest BCUT2D eigenvalue weighted by Crippen LogP contribution is -2.40. The van der Waals surface area contributed by atoms with Gasteiger partial charge in [0.1, 0.15) is 11.9 Å². The first kappa shape index (κ1) is 11.7. The van der Waals surface area contributed by atoms with Crippen molar-refractivity contribution in [2.75, 3.05) is 6.54 Å². The molecule has 1 aromatic rings. The van der Waals surface area contributed by atoms with Crippen molar-refractivity contribution in [3.8, 4) is 0 Å². The average Bonchev–Trinajstić information content (AvgIpc) is 2.64. The van der Waals surface area contributed by atoms with Crippen LogP contribution in [0.25, 0.3) is 0 Å². The number of nitrogens with one attached hydrogen (secondary N) is 1. The Kier molecular flexibility index (Phi) is 4.30. The smallest absolute Gasteiger partial charge is 0.322 e. The van der Waals surface area contributed by atoms with E-state index in [0.29, 0.717) is 13.1 Å². The molecule has 0 fully saturated rings. The summed E-state index contributed by atoms with van der Waals surface area (Å²) in [6.07, 6.45) is 4.32. The van der Waals surface area contributed by atoms with Gasteiger partial charge in [-0.05, 0) is 6.54 Å². The van der Waals surface area contributed by atoms with Gasteiger partial charge in [-0.3, -0.25) is 4.79 Å². The first-order valence-electron chi connectivity index (χ1n) is 5.15. The van der Waals surface area contributed by atoms with Crippen molar-refractivity contribution in [1.29, 1.82) is 0 Å². The number of aryl methyl sites for hydroxylation is 1. The van der Waals surface area contributed by atoms with E-state index in [1.165, 1.54) is 0 Å². The van der Waals surface area contributed by atoms with Crippen LogP contribution in [0.3, 0.4) is 0 Å². The fraction of sp³-hybridized carbons (Fsp3) is 0.600. The number of nitrogens with zero attached hydrogens (tertiary/aromatic N) is 2. The Morgan fingerprint density at radius 1 is 1.67 bits per heavy atom. The second-order valence-corrected chi connectivity index (χ2v) is 3.30. The van der Waals surface area contributed by atoms with Crippen LogP contribution in [0.1, 0.15) is 19.7 Å². The number of hydrogen-bond acceptors (Lipinski definition) is 3. The highest BCUT2D eigenvalue weighted by Gasteiger charge is 2.17. The Bertz CT molecular complexity index is 322. The van der Waals surface area contributed by atoms with E-state index < -0.39 is 12.0 Å². The van der Waals surface area contributed by atoms with Crippen LogP contribution >= 0.6 is 0 Å². The third-order valence-electron chi connectivity index (χ3n) is 2.25. The molecular weight excluding hydrogens is 194 g/mol. The van der Waals surface area contributed by atoms with E-state index >= 15 is 0 Å². The van der Waals surface area contributed by atoms with Crippen molar-refractivity contribution in [3.05, 3.63) is 18.2 Å². The van der Waals surface area contributed by atoms with Crippen molar-refractivity contribution in [1.82, 2.24) is 14.9 Å². The Balaban J connectivity index is 2.69. The summed E-state index contributed by atoms with van der Waals surface area (Å²) < 4.78 is 1.88. The zero-order valence-corrected chi connectivity index (χ0v) is 9.10. The molecule has 5 nitrogen and oxygen atoms in total. The summed E-state index contributed by atoms with van der Waals surface area (Å²) in [5.74, 6) is 0.0896. The topological polar surface area (TPSA) is 67.2 Å². The maximum Gasteiger partial charge on any atom is 0.322 e. The Morgan fingerprint density at radius 2 is 2.40 bits per heavy atom. The molecule has 1 unspecified atom stereocenters. The maximum absolute atomic E-state index is 10.9. The van der Waals surface area contributed by atoms with Crippen LogP contribution in [-0.2, 0) is 17.8 Å². The van der Waals surface area contributed by atoms with Crippen LogP contribution in [0.5, 0.6) is 0 Å². The average molecular weight is 211 g/mol. The molecule has 1 atom stereocenters. The van der Waals surface area contributed by atoms with Gasteiger partial charge >= 0.3 is 5.97 Å². The molecule has 1 aromatic heterocycles. The highest BCUT2D eigenvalue weighted by Crippen LogP contribution is 2.01. The highest BCUT2D eigenvalue weighted by atomic mass is 16.4. The normalized spacial score (nSPS) is 12.7. The fourth-order valence-electron chi connectivity index (χ4n) is 1.49. The van der Waals surface area contributed by atoms with Crippen molar-refractivity contribution in [3.63, 3.8) is 0 Å². The van der Waals surface area contributed by atoms with Crippen molar-refractivity contribution in [2.24, 2.45) is 0 Å². The van der Waals surface area contributed by atoms with Gasteiger partial charge in [0.2, 0.25) is 0 Å². The summed E-state index contributed by atoms with van der Waals surface area (Å²) in [7, 11) is 0. The number of imidazole rings is 1. The standard InChI is InChI=1S/C10H17N3O2/c1-3-9-12-5-6-13(9)7-8(10(14)15)11-4-2/h5-6,8,11H,3-4,7H2,1-2H3,(H,14,15). The summed E-state index contributed by atoms with van der Waals surface area (Å²) >= 11 is 0. The molecule has 0 bridgehead atoms. The van der Waals surface area contributed by atoms with Gasteiger partial charge in [0.15, 0.2) is 0 Å². The van der Waals surface area contributed by atoms with Gasteiger partial charge in [-0.25, -0.2) is 4.98 Å². The van der Waals surface area contributed by atoms with Gasteiger partial charge in [0.05, 0.1) is 0 Å². The largest absolute Gasteiger partial charge is 0.480 e. The van der Waals surface area contributed by atoms with Crippen LogP contribution in [-0.4, -0.2) is 33.2 Å². The Labute approximate surface area is 89.1 Å².